The van der Waals surface area contributed by atoms with Gasteiger partial charge in [-0.3, -0.25) is 4.79 Å². The summed E-state index contributed by atoms with van der Waals surface area (Å²) in [6.45, 7) is 0.650. The highest BCUT2D eigenvalue weighted by molar-refractivity contribution is 7.89. The summed E-state index contributed by atoms with van der Waals surface area (Å²) in [5.74, 6) is -0.294. The predicted octanol–water partition coefficient (Wildman–Crippen LogP) is 3.44. The molecule has 1 fully saturated rings. The van der Waals surface area contributed by atoms with E-state index in [0.717, 1.165) is 12.8 Å². The van der Waals surface area contributed by atoms with Gasteiger partial charge in [0.25, 0.3) is 5.91 Å². The number of rotatable bonds is 9. The van der Waals surface area contributed by atoms with Gasteiger partial charge in [0.2, 0.25) is 15.8 Å². The molecule has 1 saturated heterocycles. The molecule has 0 atom stereocenters. The molecule has 3 aromatic rings. The topological polar surface area (TPSA) is 115 Å². The minimum Gasteiger partial charge on any atom is -0.486 e. The molecule has 0 radical (unpaired) electrons. The van der Waals surface area contributed by atoms with E-state index in [1.165, 1.54) is 34.6 Å². The van der Waals surface area contributed by atoms with Crippen LogP contribution in [0.15, 0.2) is 76.0 Å². The second-order valence-corrected chi connectivity index (χ2v) is 9.57. The molecule has 1 aliphatic rings. The van der Waals surface area contributed by atoms with E-state index in [-0.39, 0.29) is 17.3 Å². The van der Waals surface area contributed by atoms with Gasteiger partial charge < -0.3 is 19.2 Å². The number of carbonyl (C=O) groups excluding carboxylic acids is 2. The number of esters is 1. The van der Waals surface area contributed by atoms with Gasteiger partial charge >= 0.3 is 5.97 Å². The van der Waals surface area contributed by atoms with Crippen LogP contribution in [0.3, 0.4) is 0 Å². The van der Waals surface area contributed by atoms with Crippen LogP contribution in [0.5, 0.6) is 5.75 Å². The third-order valence-electron chi connectivity index (χ3n) is 5.16. The molecule has 2 aromatic carbocycles. The summed E-state index contributed by atoms with van der Waals surface area (Å²) in [5.41, 5.74) is 0.389. The molecule has 0 aliphatic carbocycles. The fourth-order valence-electron chi connectivity index (χ4n) is 3.42. The first-order valence-electron chi connectivity index (χ1n) is 10.8. The van der Waals surface area contributed by atoms with Crippen molar-refractivity contribution in [3.05, 3.63) is 78.3 Å². The van der Waals surface area contributed by atoms with Crippen molar-refractivity contribution in [3.8, 4) is 5.75 Å². The van der Waals surface area contributed by atoms with Crippen molar-refractivity contribution in [2.24, 2.45) is 0 Å². The van der Waals surface area contributed by atoms with Gasteiger partial charge in [0.15, 0.2) is 6.61 Å². The molecule has 4 rings (SSSR count). The lowest BCUT2D eigenvalue weighted by atomic mass is 10.3. The van der Waals surface area contributed by atoms with E-state index in [0.29, 0.717) is 30.3 Å². The number of para-hydroxylation sites is 1. The summed E-state index contributed by atoms with van der Waals surface area (Å²) < 4.78 is 42.5. The monoisotopic (exact) mass is 484 g/mol. The lowest BCUT2D eigenvalue weighted by Crippen LogP contribution is -2.27. The van der Waals surface area contributed by atoms with Gasteiger partial charge in [-0.25, -0.2) is 13.2 Å². The van der Waals surface area contributed by atoms with E-state index < -0.39 is 28.5 Å². The first-order chi connectivity index (χ1) is 16.4. The second-order valence-electron chi connectivity index (χ2n) is 7.63. The molecule has 10 heteroatoms. The lowest BCUT2D eigenvalue weighted by Gasteiger charge is -2.15. The van der Waals surface area contributed by atoms with E-state index in [4.69, 9.17) is 13.9 Å². The highest BCUT2D eigenvalue weighted by atomic mass is 32.2. The van der Waals surface area contributed by atoms with E-state index >= 15 is 0 Å². The maximum Gasteiger partial charge on any atom is 0.374 e. The van der Waals surface area contributed by atoms with Crippen molar-refractivity contribution >= 4 is 27.6 Å². The highest BCUT2D eigenvalue weighted by Gasteiger charge is 2.27. The Bertz CT molecular complexity index is 1230. The number of hydrogen-bond acceptors (Lipinski definition) is 7. The van der Waals surface area contributed by atoms with Crippen LogP contribution in [0.4, 0.5) is 5.69 Å². The lowest BCUT2D eigenvalue weighted by molar-refractivity contribution is -0.119. The van der Waals surface area contributed by atoms with E-state index in [1.54, 1.807) is 18.2 Å². The summed E-state index contributed by atoms with van der Waals surface area (Å²) in [6.07, 6.45) is 1.71. The molecule has 0 saturated carbocycles. The summed E-state index contributed by atoms with van der Waals surface area (Å²) in [7, 11) is -3.52. The average molecular weight is 485 g/mol. The molecule has 1 N–H and O–H groups in total. The number of nitrogens with zero attached hydrogens (tertiary/aromatic N) is 1. The number of sulfonamides is 1. The van der Waals surface area contributed by atoms with Crippen molar-refractivity contribution in [2.45, 2.75) is 24.3 Å². The standard InChI is InChI=1S/C24H24N2O7S/c27-23(25-18-8-11-21(12-9-18)34(29,30)26-14-4-5-15-26)17-32-24(28)22-13-10-20(33-22)16-31-19-6-2-1-3-7-19/h1-3,6-13H,4-5,14-17H2,(H,25,27). The molecule has 0 unspecified atom stereocenters. The minimum absolute atomic E-state index is 0.0454. The maximum atomic E-state index is 12.6. The predicted molar refractivity (Wildman–Crippen MR) is 123 cm³/mol. The van der Waals surface area contributed by atoms with Crippen LogP contribution in [0.2, 0.25) is 0 Å². The van der Waals surface area contributed by atoms with E-state index in [2.05, 4.69) is 5.32 Å². The molecule has 2 heterocycles. The first kappa shape index (κ1) is 23.5. The molecule has 0 bridgehead atoms. The van der Waals surface area contributed by atoms with Crippen molar-refractivity contribution in [3.63, 3.8) is 0 Å². The van der Waals surface area contributed by atoms with Gasteiger partial charge in [-0.05, 0) is 61.4 Å². The van der Waals surface area contributed by atoms with Crippen LogP contribution in [0, 0.1) is 0 Å². The van der Waals surface area contributed by atoms with Crippen molar-refractivity contribution in [1.29, 1.82) is 0 Å². The summed E-state index contributed by atoms with van der Waals surface area (Å²) in [5, 5.41) is 2.57. The summed E-state index contributed by atoms with van der Waals surface area (Å²) in [4.78, 5) is 24.5. The number of carbonyl (C=O) groups is 2. The Balaban J connectivity index is 1.24. The second kappa shape index (κ2) is 10.5. The Labute approximate surface area is 197 Å². The molecule has 9 nitrogen and oxygen atoms in total. The largest absolute Gasteiger partial charge is 0.486 e. The van der Waals surface area contributed by atoms with Gasteiger partial charge in [-0.1, -0.05) is 18.2 Å². The van der Waals surface area contributed by atoms with Crippen molar-refractivity contribution < 1.29 is 31.9 Å². The fraction of sp³-hybridized carbons (Fsp3) is 0.250. The number of ether oxygens (including phenoxy) is 2. The van der Waals surface area contributed by atoms with Gasteiger partial charge in [-0.2, -0.15) is 4.31 Å². The number of amides is 1. The quantitative estimate of drug-likeness (QED) is 0.463. The van der Waals surface area contributed by atoms with Crippen LogP contribution in [-0.4, -0.2) is 44.3 Å². The summed E-state index contributed by atoms with van der Waals surface area (Å²) >= 11 is 0. The van der Waals surface area contributed by atoms with Crippen LogP contribution in [-0.2, 0) is 26.2 Å². The normalized spacial score (nSPS) is 14.0. The Kier molecular flexibility index (Phi) is 7.29. The average Bonchev–Trinajstić information content (AvgIpc) is 3.55. The molecule has 34 heavy (non-hydrogen) atoms. The molecule has 0 spiro atoms. The van der Waals surface area contributed by atoms with Gasteiger partial charge in [0.1, 0.15) is 18.1 Å². The van der Waals surface area contributed by atoms with Gasteiger partial charge in [0, 0.05) is 18.8 Å². The smallest absolute Gasteiger partial charge is 0.374 e. The molecular formula is C24H24N2O7S. The number of furan rings is 1. The summed E-state index contributed by atoms with van der Waals surface area (Å²) in [6, 6.07) is 18.1. The molecule has 1 amide bonds. The fourth-order valence-corrected chi connectivity index (χ4v) is 4.94. The number of anilines is 1. The van der Waals surface area contributed by atoms with E-state index in [1.807, 2.05) is 18.2 Å². The Morgan fingerprint density at radius 2 is 1.65 bits per heavy atom. The van der Waals surface area contributed by atoms with E-state index in [9.17, 15) is 18.0 Å². The Morgan fingerprint density at radius 1 is 0.941 bits per heavy atom. The molecule has 1 aliphatic heterocycles. The highest BCUT2D eigenvalue weighted by Crippen LogP contribution is 2.22. The zero-order valence-electron chi connectivity index (χ0n) is 18.3. The SMILES string of the molecule is O=C(COC(=O)c1ccc(COc2ccccc2)o1)Nc1ccc(S(=O)(=O)N2CCCC2)cc1. The third kappa shape index (κ3) is 5.83. The molecule has 178 valence electrons. The number of nitrogens with one attached hydrogen (secondary N) is 1. The third-order valence-corrected chi connectivity index (χ3v) is 7.08. The van der Waals surface area contributed by atoms with Gasteiger partial charge in [0.05, 0.1) is 4.90 Å². The van der Waals surface area contributed by atoms with Crippen molar-refractivity contribution in [2.75, 3.05) is 25.0 Å². The maximum absolute atomic E-state index is 12.6. The van der Waals surface area contributed by atoms with Crippen LogP contribution >= 0.6 is 0 Å². The minimum atomic E-state index is -3.52. The first-order valence-corrected chi connectivity index (χ1v) is 12.2. The number of benzene rings is 2. The van der Waals surface area contributed by atoms with Crippen LogP contribution in [0.1, 0.15) is 29.2 Å². The zero-order valence-corrected chi connectivity index (χ0v) is 19.1. The number of hydrogen-bond donors (Lipinski definition) is 1. The van der Waals surface area contributed by atoms with Crippen molar-refractivity contribution in [1.82, 2.24) is 4.31 Å². The zero-order chi connectivity index (χ0) is 24.0. The molecule has 1 aromatic heterocycles. The van der Waals surface area contributed by atoms with Crippen LogP contribution in [0.25, 0.3) is 0 Å². The molecular weight excluding hydrogens is 460 g/mol. The Morgan fingerprint density at radius 3 is 2.35 bits per heavy atom. The Hall–Kier alpha value is -3.63. The van der Waals surface area contributed by atoms with Crippen LogP contribution < -0.4 is 10.1 Å². The van der Waals surface area contributed by atoms with Gasteiger partial charge in [-0.15, -0.1) is 0 Å².